The molecule has 2 N–H and O–H groups in total. The monoisotopic (exact) mass is 272 g/mol. The number of piperidine rings is 1. The highest BCUT2D eigenvalue weighted by molar-refractivity contribution is 5.77. The number of hydrogen-bond acceptors (Lipinski definition) is 6. The average molecular weight is 272 g/mol. The summed E-state index contributed by atoms with van der Waals surface area (Å²) < 4.78 is 15.3. The van der Waals surface area contributed by atoms with Crippen LogP contribution >= 0.6 is 0 Å². The van der Waals surface area contributed by atoms with Crippen molar-refractivity contribution < 1.29 is 23.8 Å². The van der Waals surface area contributed by atoms with Crippen molar-refractivity contribution in [2.45, 2.75) is 38.2 Å². The molecule has 3 unspecified atom stereocenters. The Morgan fingerprint density at radius 2 is 2.00 bits per heavy atom. The summed E-state index contributed by atoms with van der Waals surface area (Å²) in [5, 5.41) is 0. The summed E-state index contributed by atoms with van der Waals surface area (Å²) in [6.45, 7) is 5.84. The minimum Gasteiger partial charge on any atom is -0.469 e. The fourth-order valence-electron chi connectivity index (χ4n) is 2.21. The number of nitrogens with zero attached hydrogens (tertiary/aromatic N) is 1. The van der Waals surface area contributed by atoms with E-state index >= 15 is 0 Å². The van der Waals surface area contributed by atoms with Crippen LogP contribution in [0.25, 0.3) is 0 Å². The van der Waals surface area contributed by atoms with Gasteiger partial charge >= 0.3 is 12.1 Å². The molecule has 108 valence electrons. The third-order valence-corrected chi connectivity index (χ3v) is 3.26. The molecule has 2 fully saturated rings. The molecular formula is C12H20N2O5. The van der Waals surface area contributed by atoms with Gasteiger partial charge in [-0.2, -0.15) is 0 Å². The van der Waals surface area contributed by atoms with E-state index in [-0.39, 0.29) is 12.6 Å². The number of carbonyl (C=O) groups excluding carboxylic acids is 2. The van der Waals surface area contributed by atoms with E-state index in [0.717, 1.165) is 0 Å². The maximum atomic E-state index is 12.0. The van der Waals surface area contributed by atoms with Crippen LogP contribution in [0.15, 0.2) is 0 Å². The van der Waals surface area contributed by atoms with Crippen LogP contribution in [-0.4, -0.2) is 54.6 Å². The second kappa shape index (κ2) is 4.35. The minimum atomic E-state index is -0.994. The Hall–Kier alpha value is -1.34. The summed E-state index contributed by atoms with van der Waals surface area (Å²) in [5.41, 5.74) is 4.38. The summed E-state index contributed by atoms with van der Waals surface area (Å²) in [6, 6.07) is 0. The zero-order valence-electron chi connectivity index (χ0n) is 11.6. The summed E-state index contributed by atoms with van der Waals surface area (Å²) in [7, 11) is 1.29. The van der Waals surface area contributed by atoms with Gasteiger partial charge in [-0.25, -0.2) is 4.79 Å². The standard InChI is InChI=1S/C12H20N2O5/c1-11(2,3)19-10(16)14-5-7(9(15)17-4)12(13)8(6-14)18-12/h7-8H,5-6,13H2,1-4H3. The third-order valence-electron chi connectivity index (χ3n) is 3.26. The van der Waals surface area contributed by atoms with Gasteiger partial charge in [0.05, 0.1) is 13.7 Å². The average Bonchev–Trinajstić information content (AvgIpc) is 2.95. The van der Waals surface area contributed by atoms with Crippen LogP contribution in [0.3, 0.4) is 0 Å². The highest BCUT2D eigenvalue weighted by Crippen LogP contribution is 2.43. The van der Waals surface area contributed by atoms with Crippen LogP contribution in [0.1, 0.15) is 20.8 Å². The van der Waals surface area contributed by atoms with E-state index in [1.54, 1.807) is 20.8 Å². The molecule has 0 aromatic heterocycles. The van der Waals surface area contributed by atoms with Crippen molar-refractivity contribution in [3.05, 3.63) is 0 Å². The molecule has 7 heteroatoms. The quantitative estimate of drug-likeness (QED) is 0.536. The lowest BCUT2D eigenvalue weighted by atomic mass is 9.93. The van der Waals surface area contributed by atoms with Crippen molar-refractivity contribution in [1.29, 1.82) is 0 Å². The van der Waals surface area contributed by atoms with E-state index < -0.39 is 29.3 Å². The number of epoxide rings is 1. The van der Waals surface area contributed by atoms with Crippen LogP contribution in [0.2, 0.25) is 0 Å². The van der Waals surface area contributed by atoms with Crippen LogP contribution in [0, 0.1) is 5.92 Å². The first kappa shape index (κ1) is 14.1. The van der Waals surface area contributed by atoms with Crippen molar-refractivity contribution in [3.63, 3.8) is 0 Å². The topological polar surface area (TPSA) is 94.4 Å². The first-order valence-corrected chi connectivity index (χ1v) is 6.20. The molecule has 2 rings (SSSR count). The number of hydrogen-bond donors (Lipinski definition) is 1. The molecule has 2 heterocycles. The fraction of sp³-hybridized carbons (Fsp3) is 0.833. The molecule has 2 aliphatic rings. The van der Waals surface area contributed by atoms with Gasteiger partial charge in [0, 0.05) is 6.54 Å². The fourth-order valence-corrected chi connectivity index (χ4v) is 2.21. The summed E-state index contributed by atoms with van der Waals surface area (Å²) >= 11 is 0. The van der Waals surface area contributed by atoms with E-state index in [0.29, 0.717) is 6.54 Å². The number of ether oxygens (including phenoxy) is 3. The molecule has 1 amide bonds. The number of rotatable bonds is 1. The van der Waals surface area contributed by atoms with Crippen molar-refractivity contribution >= 4 is 12.1 Å². The van der Waals surface area contributed by atoms with Crippen molar-refractivity contribution in [3.8, 4) is 0 Å². The highest BCUT2D eigenvalue weighted by atomic mass is 16.6. The molecule has 0 aliphatic carbocycles. The van der Waals surface area contributed by atoms with Crippen LogP contribution < -0.4 is 5.73 Å². The third kappa shape index (κ3) is 2.66. The van der Waals surface area contributed by atoms with Gasteiger partial charge < -0.3 is 24.8 Å². The Kier molecular flexibility index (Phi) is 3.22. The number of amides is 1. The lowest BCUT2D eigenvalue weighted by Gasteiger charge is -2.33. The highest BCUT2D eigenvalue weighted by Gasteiger charge is 2.65. The Morgan fingerprint density at radius 3 is 2.53 bits per heavy atom. The van der Waals surface area contributed by atoms with Gasteiger partial charge in [-0.15, -0.1) is 0 Å². The Balaban J connectivity index is 2.06. The Labute approximate surface area is 112 Å². The SMILES string of the molecule is COC(=O)C1CN(C(=O)OC(C)(C)C)CC2OC21N. The van der Waals surface area contributed by atoms with Crippen LogP contribution in [0.5, 0.6) is 0 Å². The molecule has 2 aliphatic heterocycles. The number of likely N-dealkylation sites (tertiary alicyclic amines) is 1. The van der Waals surface area contributed by atoms with E-state index in [2.05, 4.69) is 0 Å². The first-order valence-electron chi connectivity index (χ1n) is 6.20. The maximum Gasteiger partial charge on any atom is 0.410 e. The lowest BCUT2D eigenvalue weighted by Crippen LogP contribution is -2.56. The van der Waals surface area contributed by atoms with Crippen LogP contribution in [-0.2, 0) is 19.0 Å². The van der Waals surface area contributed by atoms with Crippen molar-refractivity contribution in [2.24, 2.45) is 11.7 Å². The zero-order chi connectivity index (χ0) is 14.4. The van der Waals surface area contributed by atoms with Gasteiger partial charge in [0.2, 0.25) is 0 Å². The largest absolute Gasteiger partial charge is 0.469 e. The molecule has 0 bridgehead atoms. The summed E-state index contributed by atoms with van der Waals surface area (Å²) in [4.78, 5) is 25.1. The van der Waals surface area contributed by atoms with E-state index in [1.807, 2.05) is 0 Å². The molecule has 2 saturated heterocycles. The number of esters is 1. The van der Waals surface area contributed by atoms with E-state index in [9.17, 15) is 9.59 Å². The molecule has 7 nitrogen and oxygen atoms in total. The predicted octanol–water partition coefficient (Wildman–Crippen LogP) is 0.0801. The number of fused-ring (bicyclic) bond motifs is 1. The second-order valence-electron chi connectivity index (χ2n) is 5.92. The molecule has 3 atom stereocenters. The zero-order valence-corrected chi connectivity index (χ0v) is 11.6. The van der Waals surface area contributed by atoms with Crippen molar-refractivity contribution in [1.82, 2.24) is 4.90 Å². The maximum absolute atomic E-state index is 12.0. The Bertz CT molecular complexity index is 405. The smallest absolute Gasteiger partial charge is 0.410 e. The summed E-state index contributed by atoms with van der Waals surface area (Å²) in [6.07, 6.45) is -0.808. The molecule has 0 saturated carbocycles. The van der Waals surface area contributed by atoms with Gasteiger partial charge in [0.25, 0.3) is 0 Å². The number of carbonyl (C=O) groups is 2. The molecule has 0 aromatic rings. The predicted molar refractivity (Wildman–Crippen MR) is 65.1 cm³/mol. The van der Waals surface area contributed by atoms with Gasteiger partial charge in [0.1, 0.15) is 17.6 Å². The second-order valence-corrected chi connectivity index (χ2v) is 5.92. The molecule has 0 radical (unpaired) electrons. The first-order chi connectivity index (χ1) is 8.67. The number of methoxy groups -OCH3 is 1. The number of nitrogens with two attached hydrogens (primary N) is 1. The molecular weight excluding hydrogens is 252 g/mol. The van der Waals surface area contributed by atoms with Crippen molar-refractivity contribution in [2.75, 3.05) is 20.2 Å². The lowest BCUT2D eigenvalue weighted by molar-refractivity contribution is -0.149. The Morgan fingerprint density at radius 1 is 1.37 bits per heavy atom. The molecule has 19 heavy (non-hydrogen) atoms. The minimum absolute atomic E-state index is 0.147. The van der Waals surface area contributed by atoms with Gasteiger partial charge in [-0.3, -0.25) is 4.79 Å². The van der Waals surface area contributed by atoms with E-state index in [1.165, 1.54) is 12.0 Å². The van der Waals surface area contributed by atoms with Gasteiger partial charge in [-0.1, -0.05) is 0 Å². The summed E-state index contributed by atoms with van der Waals surface area (Å²) in [5.74, 6) is -1.15. The van der Waals surface area contributed by atoms with Gasteiger partial charge in [0.15, 0.2) is 5.72 Å². The van der Waals surface area contributed by atoms with Crippen LogP contribution in [0.4, 0.5) is 4.79 Å². The van der Waals surface area contributed by atoms with Gasteiger partial charge in [-0.05, 0) is 20.8 Å². The van der Waals surface area contributed by atoms with E-state index in [4.69, 9.17) is 19.9 Å². The molecule has 0 spiro atoms. The normalized spacial score (nSPS) is 33.4. The molecule has 0 aromatic carbocycles.